The van der Waals surface area contributed by atoms with Crippen molar-refractivity contribution < 1.29 is 14.5 Å². The van der Waals surface area contributed by atoms with Crippen molar-refractivity contribution in [1.82, 2.24) is 0 Å². The number of rotatable bonds is 2. The van der Waals surface area contributed by atoms with E-state index < -0.39 is 10.9 Å². The number of esters is 1. The lowest BCUT2D eigenvalue weighted by Crippen LogP contribution is -2.05. The van der Waals surface area contributed by atoms with Crippen LogP contribution in [0.2, 0.25) is 5.02 Å². The molecule has 0 atom stereocenters. The smallest absolute Gasteiger partial charge is 0.339 e. The van der Waals surface area contributed by atoms with Gasteiger partial charge in [0.2, 0.25) is 0 Å². The Bertz CT molecular complexity index is 433. The SMILES string of the molecule is COC(=O)c1cc(N)c([N+](=O)[O-])cc1Cl. The number of carbonyl (C=O) groups excluding carboxylic acids is 1. The van der Waals surface area contributed by atoms with Crippen molar-refractivity contribution in [3.05, 3.63) is 32.8 Å². The van der Waals surface area contributed by atoms with Gasteiger partial charge in [-0.15, -0.1) is 0 Å². The van der Waals surface area contributed by atoms with Gasteiger partial charge in [-0.2, -0.15) is 0 Å². The lowest BCUT2D eigenvalue weighted by Gasteiger charge is -2.03. The molecule has 0 heterocycles. The van der Waals surface area contributed by atoms with Gasteiger partial charge in [0, 0.05) is 6.07 Å². The number of nitrogens with zero attached hydrogens (tertiary/aromatic N) is 1. The van der Waals surface area contributed by atoms with Gasteiger partial charge in [-0.05, 0) is 6.07 Å². The van der Waals surface area contributed by atoms with Crippen LogP contribution < -0.4 is 5.73 Å². The van der Waals surface area contributed by atoms with Gasteiger partial charge in [0.1, 0.15) is 5.69 Å². The Labute approximate surface area is 89.7 Å². The summed E-state index contributed by atoms with van der Waals surface area (Å²) >= 11 is 5.66. The van der Waals surface area contributed by atoms with Crippen LogP contribution >= 0.6 is 11.6 Å². The predicted octanol–water partition coefficient (Wildman–Crippen LogP) is 1.62. The van der Waals surface area contributed by atoms with E-state index in [1.54, 1.807) is 0 Å². The van der Waals surface area contributed by atoms with Crippen molar-refractivity contribution in [2.75, 3.05) is 12.8 Å². The molecule has 2 N–H and O–H groups in total. The van der Waals surface area contributed by atoms with E-state index in [1.807, 2.05) is 0 Å². The molecule has 0 aliphatic carbocycles. The van der Waals surface area contributed by atoms with Crippen LogP contribution in [0, 0.1) is 10.1 Å². The highest BCUT2D eigenvalue weighted by atomic mass is 35.5. The number of nitrogen functional groups attached to an aromatic ring is 1. The van der Waals surface area contributed by atoms with E-state index >= 15 is 0 Å². The fourth-order valence-corrected chi connectivity index (χ4v) is 1.24. The maximum Gasteiger partial charge on any atom is 0.339 e. The highest BCUT2D eigenvalue weighted by Crippen LogP contribution is 2.29. The maximum absolute atomic E-state index is 11.1. The van der Waals surface area contributed by atoms with E-state index in [0.29, 0.717) is 0 Å². The van der Waals surface area contributed by atoms with Gasteiger partial charge in [0.25, 0.3) is 5.69 Å². The zero-order valence-electron chi connectivity index (χ0n) is 7.69. The van der Waals surface area contributed by atoms with Gasteiger partial charge in [-0.25, -0.2) is 4.79 Å². The molecular weight excluding hydrogens is 224 g/mol. The Morgan fingerprint density at radius 1 is 1.60 bits per heavy atom. The molecule has 0 aliphatic rings. The molecule has 6 nitrogen and oxygen atoms in total. The van der Waals surface area contributed by atoms with E-state index in [-0.39, 0.29) is 22.0 Å². The number of anilines is 1. The van der Waals surface area contributed by atoms with E-state index in [9.17, 15) is 14.9 Å². The van der Waals surface area contributed by atoms with E-state index in [1.165, 1.54) is 7.11 Å². The average molecular weight is 231 g/mol. The topological polar surface area (TPSA) is 95.5 Å². The third kappa shape index (κ3) is 2.16. The molecule has 1 rings (SSSR count). The summed E-state index contributed by atoms with van der Waals surface area (Å²) in [6.45, 7) is 0. The highest BCUT2D eigenvalue weighted by molar-refractivity contribution is 6.34. The summed E-state index contributed by atoms with van der Waals surface area (Å²) in [4.78, 5) is 20.9. The summed E-state index contributed by atoms with van der Waals surface area (Å²) in [7, 11) is 1.18. The summed E-state index contributed by atoms with van der Waals surface area (Å²) < 4.78 is 4.42. The van der Waals surface area contributed by atoms with Crippen LogP contribution in [-0.2, 0) is 4.74 Å². The normalized spacial score (nSPS) is 9.73. The maximum atomic E-state index is 11.1. The molecule has 0 saturated heterocycles. The van der Waals surface area contributed by atoms with Crippen LogP contribution in [0.1, 0.15) is 10.4 Å². The molecule has 0 aliphatic heterocycles. The molecule has 0 unspecified atom stereocenters. The monoisotopic (exact) mass is 230 g/mol. The van der Waals surface area contributed by atoms with Crippen molar-refractivity contribution in [3.63, 3.8) is 0 Å². The number of nitro benzene ring substituents is 1. The van der Waals surface area contributed by atoms with Crippen LogP contribution in [-0.4, -0.2) is 18.0 Å². The number of nitro groups is 1. The lowest BCUT2D eigenvalue weighted by atomic mass is 10.2. The number of carbonyl (C=O) groups is 1. The van der Waals surface area contributed by atoms with Gasteiger partial charge in [-0.1, -0.05) is 11.6 Å². The van der Waals surface area contributed by atoms with E-state index in [2.05, 4.69) is 4.74 Å². The van der Waals surface area contributed by atoms with Crippen molar-refractivity contribution in [2.24, 2.45) is 0 Å². The Hall–Kier alpha value is -1.82. The third-order valence-corrected chi connectivity index (χ3v) is 2.03. The fourth-order valence-electron chi connectivity index (χ4n) is 1.00. The summed E-state index contributed by atoms with van der Waals surface area (Å²) in [5.41, 5.74) is 4.90. The number of halogens is 1. The largest absolute Gasteiger partial charge is 0.465 e. The molecule has 0 fully saturated rings. The van der Waals surface area contributed by atoms with E-state index in [4.69, 9.17) is 17.3 Å². The molecule has 15 heavy (non-hydrogen) atoms. The summed E-state index contributed by atoms with van der Waals surface area (Å²) in [5, 5.41) is 10.4. The second-order valence-corrected chi connectivity index (χ2v) is 3.05. The Morgan fingerprint density at radius 3 is 2.67 bits per heavy atom. The lowest BCUT2D eigenvalue weighted by molar-refractivity contribution is -0.383. The minimum Gasteiger partial charge on any atom is -0.465 e. The number of methoxy groups -OCH3 is 1. The van der Waals surface area contributed by atoms with Crippen molar-refractivity contribution in [2.45, 2.75) is 0 Å². The molecule has 0 amide bonds. The van der Waals surface area contributed by atoms with Crippen molar-refractivity contribution in [1.29, 1.82) is 0 Å². The van der Waals surface area contributed by atoms with Gasteiger partial charge in [-0.3, -0.25) is 10.1 Å². The van der Waals surface area contributed by atoms with Crippen LogP contribution in [0.4, 0.5) is 11.4 Å². The van der Waals surface area contributed by atoms with Crippen LogP contribution in [0.25, 0.3) is 0 Å². The molecular formula is C8H7ClN2O4. The molecule has 0 aromatic heterocycles. The molecule has 0 bridgehead atoms. The minimum absolute atomic E-state index is 0.00210. The second kappa shape index (κ2) is 4.14. The second-order valence-electron chi connectivity index (χ2n) is 2.64. The first-order valence-corrected chi connectivity index (χ1v) is 4.17. The van der Waals surface area contributed by atoms with Gasteiger partial charge < -0.3 is 10.5 Å². The average Bonchev–Trinajstić information content (AvgIpc) is 2.19. The minimum atomic E-state index is -0.693. The molecule has 7 heteroatoms. The Morgan fingerprint density at radius 2 is 2.20 bits per heavy atom. The molecule has 1 aromatic rings. The fraction of sp³-hybridized carbons (Fsp3) is 0.125. The van der Waals surface area contributed by atoms with Gasteiger partial charge in [0.15, 0.2) is 0 Å². The number of hydrogen-bond donors (Lipinski definition) is 1. The first-order chi connectivity index (χ1) is 6.97. The van der Waals surface area contributed by atoms with Crippen molar-refractivity contribution in [3.8, 4) is 0 Å². The molecule has 0 spiro atoms. The molecule has 80 valence electrons. The van der Waals surface area contributed by atoms with Gasteiger partial charge in [0.05, 0.1) is 22.6 Å². The number of benzene rings is 1. The Balaban J connectivity index is 3.31. The van der Waals surface area contributed by atoms with Gasteiger partial charge >= 0.3 is 5.97 Å². The number of ether oxygens (including phenoxy) is 1. The zero-order valence-corrected chi connectivity index (χ0v) is 8.45. The number of nitrogens with two attached hydrogens (primary N) is 1. The number of hydrogen-bond acceptors (Lipinski definition) is 5. The summed E-state index contributed by atoms with van der Waals surface area (Å²) in [6.07, 6.45) is 0. The third-order valence-electron chi connectivity index (χ3n) is 1.72. The zero-order chi connectivity index (χ0) is 11.6. The van der Waals surface area contributed by atoms with Crippen LogP contribution in [0.5, 0.6) is 0 Å². The molecule has 1 aromatic carbocycles. The first kappa shape index (κ1) is 11.3. The highest BCUT2D eigenvalue weighted by Gasteiger charge is 2.19. The first-order valence-electron chi connectivity index (χ1n) is 3.79. The molecule has 0 radical (unpaired) electrons. The summed E-state index contributed by atoms with van der Waals surface area (Å²) in [5.74, 6) is -0.693. The van der Waals surface area contributed by atoms with Crippen LogP contribution in [0.15, 0.2) is 12.1 Å². The predicted molar refractivity (Wildman–Crippen MR) is 53.9 cm³/mol. The van der Waals surface area contributed by atoms with Crippen molar-refractivity contribution >= 4 is 28.9 Å². The van der Waals surface area contributed by atoms with E-state index in [0.717, 1.165) is 12.1 Å². The standard InChI is InChI=1S/C8H7ClN2O4/c1-15-8(12)4-2-6(10)7(11(13)14)3-5(4)9/h2-3H,10H2,1H3. The summed E-state index contributed by atoms with van der Waals surface area (Å²) in [6, 6.07) is 2.13. The Kier molecular flexibility index (Phi) is 3.11. The quantitative estimate of drug-likeness (QED) is 0.360. The van der Waals surface area contributed by atoms with Crippen LogP contribution in [0.3, 0.4) is 0 Å². The molecule has 0 saturated carbocycles.